The zero-order valence-electron chi connectivity index (χ0n) is 32.9. The van der Waals surface area contributed by atoms with E-state index < -0.39 is 10.8 Å². The van der Waals surface area contributed by atoms with Crippen LogP contribution in [0.1, 0.15) is 63.0 Å². The molecule has 0 aromatic heterocycles. The van der Waals surface area contributed by atoms with Crippen molar-refractivity contribution in [2.45, 2.75) is 64.7 Å². The second-order valence-corrected chi connectivity index (χ2v) is 13.3. The molecule has 0 aliphatic carbocycles. The smallest absolute Gasteiger partial charge is 0.491 e. The van der Waals surface area contributed by atoms with Gasteiger partial charge in [-0.25, -0.2) is 0 Å². The number of ether oxygens (including phenoxy) is 10. The third kappa shape index (κ3) is 32.6. The van der Waals surface area contributed by atoms with Gasteiger partial charge in [-0.3, -0.25) is 0 Å². The van der Waals surface area contributed by atoms with Gasteiger partial charge in [0.25, 0.3) is 0 Å². The second-order valence-electron chi connectivity index (χ2n) is 12.0. The lowest BCUT2D eigenvalue weighted by Crippen LogP contribution is -2.53. The van der Waals surface area contributed by atoms with E-state index in [2.05, 4.69) is 46.1 Å². The average molecular weight is 797 g/mol. The molecule has 0 heterocycles. The van der Waals surface area contributed by atoms with E-state index in [1.165, 1.54) is 56.1 Å². The summed E-state index contributed by atoms with van der Waals surface area (Å²) in [6.45, 7) is 14.4. The van der Waals surface area contributed by atoms with Crippen LogP contribution in [0.15, 0.2) is 30.9 Å². The first-order valence-electron chi connectivity index (χ1n) is 19.4. The molecular formula is C38H70NO14S+2. The van der Waals surface area contributed by atoms with Crippen molar-refractivity contribution in [2.24, 2.45) is 0 Å². The van der Waals surface area contributed by atoms with Crippen LogP contribution in [-0.4, -0.2) is 132 Å². The lowest BCUT2D eigenvalue weighted by molar-refractivity contribution is -0.640. The maximum Gasteiger partial charge on any atom is 0.597 e. The molecule has 54 heavy (non-hydrogen) atoms. The molecule has 1 radical (unpaired) electrons. The monoisotopic (exact) mass is 796 g/mol. The van der Waals surface area contributed by atoms with E-state index in [1.807, 2.05) is 6.08 Å². The van der Waals surface area contributed by atoms with Crippen LogP contribution in [0.3, 0.4) is 0 Å². The predicted molar refractivity (Wildman–Crippen MR) is 204 cm³/mol. The summed E-state index contributed by atoms with van der Waals surface area (Å²) in [5.41, 5.74) is 2.55. The van der Waals surface area contributed by atoms with E-state index in [-0.39, 0.29) is 13.2 Å². The molecule has 315 valence electrons. The van der Waals surface area contributed by atoms with Gasteiger partial charge < -0.3 is 47.4 Å². The van der Waals surface area contributed by atoms with Gasteiger partial charge in [-0.15, -0.1) is 10.8 Å². The zero-order chi connectivity index (χ0) is 39.1. The van der Waals surface area contributed by atoms with Gasteiger partial charge in [0.05, 0.1) is 123 Å². The fourth-order valence-electron chi connectivity index (χ4n) is 4.83. The van der Waals surface area contributed by atoms with Crippen molar-refractivity contribution in [2.75, 3.05) is 132 Å². The molecule has 1 atom stereocenters. The Kier molecular flexibility index (Phi) is 35.7. The van der Waals surface area contributed by atoms with Crippen molar-refractivity contribution < 1.29 is 70.5 Å². The quantitative estimate of drug-likeness (QED) is 0.0433. The molecule has 16 heteroatoms. The number of rotatable bonds is 43. The Labute approximate surface area is 325 Å². The van der Waals surface area contributed by atoms with Crippen molar-refractivity contribution in [3.8, 4) is 5.75 Å². The maximum atomic E-state index is 10.9. The van der Waals surface area contributed by atoms with Crippen molar-refractivity contribution in [3.05, 3.63) is 42.0 Å². The van der Waals surface area contributed by atoms with Crippen LogP contribution < -0.4 is 10.6 Å². The number of quaternary nitrogens is 1. The zero-order valence-corrected chi connectivity index (χ0v) is 33.7. The Bertz CT molecular complexity index is 1020. The first-order chi connectivity index (χ1) is 26.5. The highest BCUT2D eigenvalue weighted by atomic mass is 32.3. The fraction of sp³-hybridized carbons (Fsp3) is 0.789. The van der Waals surface area contributed by atoms with E-state index >= 15 is 0 Å². The standard InChI is InChI=1S/C38H70NO14S/c1-3-5-6-7-8-9-10-12-36-13-14-38(37(35-36)11-4-2)51-33-31-49-29-27-47-25-23-45-21-19-43-17-15-42-16-18-44-20-22-46-24-26-48-28-30-50-32-34-52-54(40,41)53-39/h4,13-14,35H,2-3,5-12,15-34H2,1,39H3/q+2. The number of hydrogen-bond acceptors (Lipinski definition) is 13. The molecule has 0 saturated carbocycles. The summed E-state index contributed by atoms with van der Waals surface area (Å²) in [7, 11) is -4.03. The molecule has 0 bridgehead atoms. The minimum atomic E-state index is -4.03. The number of aryl methyl sites for hydroxylation is 1. The Morgan fingerprint density at radius 1 is 0.574 bits per heavy atom. The molecule has 0 amide bonds. The lowest BCUT2D eigenvalue weighted by atomic mass is 10.0. The number of unbranched alkanes of at least 4 members (excludes halogenated alkanes) is 6. The van der Waals surface area contributed by atoms with E-state index in [0.29, 0.717) is 119 Å². The molecule has 0 aliphatic rings. The Morgan fingerprint density at radius 3 is 1.37 bits per heavy atom. The molecule has 1 rings (SSSR count). The molecular weight excluding hydrogens is 726 g/mol. The molecule has 0 fully saturated rings. The van der Waals surface area contributed by atoms with Gasteiger partial charge in [-0.05, 0) is 36.5 Å². The molecule has 0 aliphatic heterocycles. The summed E-state index contributed by atoms with van der Waals surface area (Å²) in [6.07, 6.45) is 13.1. The largest absolute Gasteiger partial charge is 0.597 e. The Balaban J connectivity index is 1.80. The van der Waals surface area contributed by atoms with Gasteiger partial charge in [0.2, 0.25) is 0 Å². The van der Waals surface area contributed by atoms with Crippen LogP contribution in [0.4, 0.5) is 0 Å². The van der Waals surface area contributed by atoms with Crippen molar-refractivity contribution >= 4 is 10.8 Å². The summed E-state index contributed by atoms with van der Waals surface area (Å²) in [5.74, 6) is 3.68. The molecule has 15 nitrogen and oxygen atoms in total. The highest BCUT2D eigenvalue weighted by molar-refractivity contribution is 7.88. The van der Waals surface area contributed by atoms with Crippen LogP contribution in [0, 0.1) is 0 Å². The van der Waals surface area contributed by atoms with Gasteiger partial charge in [0, 0.05) is 4.21 Å². The van der Waals surface area contributed by atoms with Crippen LogP contribution >= 0.6 is 0 Å². The maximum absolute atomic E-state index is 10.9. The van der Waals surface area contributed by atoms with Crippen molar-refractivity contribution in [3.63, 3.8) is 0 Å². The van der Waals surface area contributed by atoms with Crippen LogP contribution in [0.5, 0.6) is 5.75 Å². The van der Waals surface area contributed by atoms with Gasteiger partial charge in [-0.1, -0.05) is 63.7 Å². The first-order valence-corrected chi connectivity index (χ1v) is 20.7. The second kappa shape index (κ2) is 38.3. The van der Waals surface area contributed by atoms with E-state index in [1.54, 1.807) is 0 Å². The molecule has 3 N–H and O–H groups in total. The highest BCUT2D eigenvalue weighted by Crippen LogP contribution is 2.23. The fourth-order valence-corrected chi connectivity index (χ4v) is 5.17. The van der Waals surface area contributed by atoms with E-state index in [4.69, 9.17) is 47.4 Å². The summed E-state index contributed by atoms with van der Waals surface area (Å²) in [5, 5.41) is 0. The van der Waals surface area contributed by atoms with Crippen LogP contribution in [-0.2, 0) is 83.5 Å². The van der Waals surface area contributed by atoms with Gasteiger partial charge in [0.15, 0.2) is 0 Å². The first kappa shape index (κ1) is 50.4. The highest BCUT2D eigenvalue weighted by Gasteiger charge is 2.35. The van der Waals surface area contributed by atoms with Crippen LogP contribution in [0.25, 0.3) is 0 Å². The van der Waals surface area contributed by atoms with E-state index in [0.717, 1.165) is 18.6 Å². The molecule has 0 saturated heterocycles. The third-order valence-corrected chi connectivity index (χ3v) is 8.36. The molecule has 1 unspecified atom stereocenters. The van der Waals surface area contributed by atoms with Gasteiger partial charge >= 0.3 is 10.8 Å². The Morgan fingerprint density at radius 2 is 0.963 bits per heavy atom. The predicted octanol–water partition coefficient (Wildman–Crippen LogP) is 4.10. The summed E-state index contributed by atoms with van der Waals surface area (Å²) in [4.78, 5) is 0. The summed E-state index contributed by atoms with van der Waals surface area (Å²) >= 11 is 0. The number of hydrogen-bond donors (Lipinski definition) is 1. The number of benzene rings is 1. The third-order valence-electron chi connectivity index (χ3n) is 7.62. The van der Waals surface area contributed by atoms with Gasteiger partial charge in [0.1, 0.15) is 23.5 Å². The van der Waals surface area contributed by atoms with Crippen molar-refractivity contribution in [1.29, 1.82) is 0 Å². The van der Waals surface area contributed by atoms with E-state index in [9.17, 15) is 8.76 Å². The van der Waals surface area contributed by atoms with Crippen LogP contribution in [0.2, 0.25) is 0 Å². The normalized spacial score (nSPS) is 12.6. The average Bonchev–Trinajstić information content (AvgIpc) is 3.17. The molecule has 1 aromatic rings. The summed E-state index contributed by atoms with van der Waals surface area (Å²) < 4.78 is 85.2. The SMILES string of the molecule is C=CCc1cc(CCCCCCCCC)ccc1OCCOCCOCCOCCOCCOCCOCCOCCOCCOCCO[S+]([O])(=O)O[NH3+]. The minimum Gasteiger partial charge on any atom is -0.491 e. The summed E-state index contributed by atoms with van der Waals surface area (Å²) in [6, 6.07) is 6.53. The van der Waals surface area contributed by atoms with Gasteiger partial charge in [-0.2, -0.15) is 5.90 Å². The van der Waals surface area contributed by atoms with Crippen molar-refractivity contribution in [1.82, 2.24) is 0 Å². The molecule has 0 spiro atoms. The molecule has 1 aromatic carbocycles. The minimum absolute atomic E-state index is 0.0895. The topological polar surface area (TPSA) is 175 Å². The number of allylic oxidation sites excluding steroid dienone is 1. The lowest BCUT2D eigenvalue weighted by Gasteiger charge is -2.13. The Hall–Kier alpha value is -1.61.